The van der Waals surface area contributed by atoms with E-state index >= 15 is 0 Å². The van der Waals surface area contributed by atoms with Crippen LogP contribution in [0.5, 0.6) is 11.5 Å². The molecule has 84 heavy (non-hydrogen) atoms. The Morgan fingerprint density at radius 2 is 1.05 bits per heavy atom. The summed E-state index contributed by atoms with van der Waals surface area (Å²) in [7, 11) is 7.59. The first-order valence-corrected chi connectivity index (χ1v) is 30.0. The van der Waals surface area contributed by atoms with Crippen molar-refractivity contribution in [2.75, 3.05) is 28.2 Å². The topological polar surface area (TPSA) is 285 Å². The van der Waals surface area contributed by atoms with Crippen LogP contribution in [-0.2, 0) is 80.7 Å². The molecule has 3 aliphatic carbocycles. The molecule has 0 bridgehead atoms. The average molecular weight is 1180 g/mol. The molecule has 8 heterocycles. The van der Waals surface area contributed by atoms with Crippen molar-refractivity contribution in [3.63, 3.8) is 0 Å². The van der Waals surface area contributed by atoms with Crippen molar-refractivity contribution in [2.45, 2.75) is 259 Å². The van der Waals surface area contributed by atoms with E-state index < -0.39 is 187 Å². The van der Waals surface area contributed by atoms with Crippen molar-refractivity contribution in [3.05, 3.63) is 40.0 Å². The van der Waals surface area contributed by atoms with Gasteiger partial charge in [0, 0.05) is 68.2 Å². The minimum Gasteiger partial charge on any atom is -0.507 e. The Morgan fingerprint density at radius 1 is 0.571 bits per heavy atom. The number of aromatic hydroxyl groups is 2. The Morgan fingerprint density at radius 3 is 1.55 bits per heavy atom. The lowest BCUT2D eigenvalue weighted by Gasteiger charge is -2.51. The van der Waals surface area contributed by atoms with Crippen molar-refractivity contribution in [1.29, 1.82) is 0 Å². The molecule has 4 N–H and O–H groups in total. The summed E-state index contributed by atoms with van der Waals surface area (Å²) in [5.41, 5.74) is -3.14. The Hall–Kier alpha value is -3.90. The fraction of sp³-hybridized carbons (Fsp3) is 0.767. The van der Waals surface area contributed by atoms with E-state index in [0.29, 0.717) is 12.8 Å². The van der Waals surface area contributed by atoms with E-state index in [0.717, 1.165) is 0 Å². The van der Waals surface area contributed by atoms with Crippen LogP contribution in [0.2, 0.25) is 0 Å². The number of hydrogen-bond donors (Lipinski definition) is 4. The van der Waals surface area contributed by atoms with Crippen molar-refractivity contribution in [2.24, 2.45) is 5.92 Å². The largest absolute Gasteiger partial charge is 0.507 e. The summed E-state index contributed by atoms with van der Waals surface area (Å²) in [4.78, 5) is 57.2. The van der Waals surface area contributed by atoms with Crippen molar-refractivity contribution >= 4 is 28.9 Å². The van der Waals surface area contributed by atoms with Gasteiger partial charge in [-0.05, 0) is 88.7 Å². The van der Waals surface area contributed by atoms with Crippen LogP contribution in [-0.4, -0.2) is 222 Å². The molecule has 8 saturated heterocycles. The highest BCUT2D eigenvalue weighted by Crippen LogP contribution is 2.59. The maximum Gasteiger partial charge on any atom is 0.185 e. The summed E-state index contributed by atoms with van der Waals surface area (Å²) in [5.74, 6) is -4.52. The molecule has 26 atom stereocenters. The number of fused-ring (bicyclic) bond motifs is 7. The summed E-state index contributed by atoms with van der Waals surface area (Å²) in [6, 6.07) is -0.749. The van der Waals surface area contributed by atoms with E-state index in [2.05, 4.69) is 0 Å². The molecule has 24 heteroatoms. The molecule has 1 aromatic rings. The molecule has 11 aliphatic rings. The third-order valence-electron chi connectivity index (χ3n) is 19.4. The van der Waals surface area contributed by atoms with Crippen LogP contribution in [0.15, 0.2) is 17.7 Å². The number of allylic oxidation sites excluding steroid dienone is 3. The van der Waals surface area contributed by atoms with E-state index in [-0.39, 0.29) is 85.3 Å². The standard InChI is InChI=1S/C60H82N2O22/c1-12-60(70)22-39(79-40-16-30(61(8)9)53(25(4)71-40)80-42-20-35-55(27(6)73-42)83-58-37(77-35)18-33(64)23(2)75-58)45-48(52(69)46-47(51(45)68)50(67)44-29(49(46)66)14-13-15-32(44)63)57(60)82-41-17-31(62(10)11)54(26(5)72-41)81-43-21-36-56(28(7)74-43)84-59-38(78-36)19-34(65)24(3)76-59/h13,15,23-31,35-43,53-59,67-70H,12,14,16-22H2,1-11H3/t23-,24+,25-,26+,27-,28+,29?,30+,31-,35-,36+,37-,38-,39+,40+,41+,42+,43+,53-,54-,55-,56+,57-,58+,59+,60-/m0/s1. The molecule has 0 aromatic heterocycles. The van der Waals surface area contributed by atoms with Crippen molar-refractivity contribution in [3.8, 4) is 11.5 Å². The smallest absolute Gasteiger partial charge is 0.185 e. The Kier molecular flexibility index (Phi) is 16.7. The number of rotatable bonds is 11. The van der Waals surface area contributed by atoms with Crippen LogP contribution >= 0.6 is 0 Å². The van der Waals surface area contributed by atoms with Gasteiger partial charge in [-0.15, -0.1) is 0 Å². The van der Waals surface area contributed by atoms with Gasteiger partial charge in [-0.1, -0.05) is 13.0 Å². The molecule has 0 saturated carbocycles. The molecule has 24 nitrogen and oxygen atoms in total. The van der Waals surface area contributed by atoms with Gasteiger partial charge in [-0.3, -0.25) is 19.2 Å². The van der Waals surface area contributed by atoms with Crippen molar-refractivity contribution < 1.29 is 106 Å². The third kappa shape index (κ3) is 10.7. The number of likely N-dealkylation sites (N-methyl/N-ethyl adjacent to an activating group) is 2. The van der Waals surface area contributed by atoms with Crippen molar-refractivity contribution in [1.82, 2.24) is 9.80 Å². The van der Waals surface area contributed by atoms with Gasteiger partial charge in [-0.25, -0.2) is 0 Å². The number of ketones is 4. The van der Waals surface area contributed by atoms with E-state index in [1.165, 1.54) is 12.2 Å². The molecule has 8 aliphatic heterocycles. The summed E-state index contributed by atoms with van der Waals surface area (Å²) >= 11 is 0. The third-order valence-corrected chi connectivity index (χ3v) is 19.4. The zero-order valence-corrected chi connectivity index (χ0v) is 49.5. The zero-order valence-electron chi connectivity index (χ0n) is 49.5. The van der Waals surface area contributed by atoms with Crippen LogP contribution < -0.4 is 0 Å². The lowest BCUT2D eigenvalue weighted by Crippen LogP contribution is -2.62. The summed E-state index contributed by atoms with van der Waals surface area (Å²) in [6.45, 7) is 12.6. The van der Waals surface area contributed by atoms with Gasteiger partial charge in [0.05, 0.1) is 70.9 Å². The molecule has 12 rings (SSSR count). The number of hydrogen-bond acceptors (Lipinski definition) is 24. The summed E-state index contributed by atoms with van der Waals surface area (Å²) < 4.78 is 90.7. The van der Waals surface area contributed by atoms with E-state index in [9.17, 15) is 39.6 Å². The Balaban J connectivity index is 0.806. The molecule has 464 valence electrons. The first kappa shape index (κ1) is 60.4. The Bertz CT molecular complexity index is 2790. The first-order chi connectivity index (χ1) is 39.9. The van der Waals surface area contributed by atoms with Gasteiger partial charge < -0.3 is 96.5 Å². The van der Waals surface area contributed by atoms with Gasteiger partial charge in [0.25, 0.3) is 0 Å². The monoisotopic (exact) mass is 1180 g/mol. The van der Waals surface area contributed by atoms with Crippen LogP contribution in [0.4, 0.5) is 0 Å². The molecule has 8 fully saturated rings. The number of carbonyl (C=O) groups excluding carboxylic acids is 4. The highest BCUT2D eigenvalue weighted by atomic mass is 16.8. The number of phenolic OH excluding ortho intramolecular Hbond substituents is 2. The Labute approximate surface area is 488 Å². The average Bonchev–Trinajstić information content (AvgIpc) is 1.13. The normalized spacial score (nSPS) is 45.8. The number of ether oxygens (including phenoxy) is 14. The molecule has 0 radical (unpaired) electrons. The number of nitrogens with zero attached hydrogens (tertiary/aromatic N) is 2. The summed E-state index contributed by atoms with van der Waals surface area (Å²) in [6.07, 6.45) is -11.2. The number of benzene rings is 1. The van der Waals surface area contributed by atoms with Gasteiger partial charge in [0.15, 0.2) is 60.9 Å². The van der Waals surface area contributed by atoms with Crippen LogP contribution in [0.25, 0.3) is 5.76 Å². The maximum atomic E-state index is 14.6. The second-order valence-corrected chi connectivity index (χ2v) is 25.3. The number of Topliss-reactive ketones (excluding diaryl/α,β-unsaturated/α-hetero) is 3. The summed E-state index contributed by atoms with van der Waals surface area (Å²) in [5, 5.41) is 50.6. The number of carbonyl (C=O) groups is 4. The highest BCUT2D eigenvalue weighted by Gasteiger charge is 2.57. The van der Waals surface area contributed by atoms with E-state index in [1.807, 2.05) is 65.7 Å². The quantitative estimate of drug-likeness (QED) is 0.225. The van der Waals surface area contributed by atoms with E-state index in [1.54, 1.807) is 20.8 Å². The lowest BCUT2D eigenvalue weighted by atomic mass is 9.69. The maximum absolute atomic E-state index is 14.6. The predicted octanol–water partition coefficient (Wildman–Crippen LogP) is 4.25. The highest BCUT2D eigenvalue weighted by molar-refractivity contribution is 6.21. The number of phenols is 2. The van der Waals surface area contributed by atoms with Crippen LogP contribution in [0, 0.1) is 5.92 Å². The minimum absolute atomic E-state index is 0.0229. The number of aliphatic hydroxyl groups excluding tert-OH is 1. The van der Waals surface area contributed by atoms with Crippen LogP contribution in [0.3, 0.4) is 0 Å². The fourth-order valence-electron chi connectivity index (χ4n) is 14.8. The van der Waals surface area contributed by atoms with Gasteiger partial charge in [-0.2, -0.15) is 0 Å². The lowest BCUT2D eigenvalue weighted by molar-refractivity contribution is -0.372. The van der Waals surface area contributed by atoms with Gasteiger partial charge >= 0.3 is 0 Å². The predicted molar refractivity (Wildman–Crippen MR) is 289 cm³/mol. The first-order valence-electron chi connectivity index (χ1n) is 30.0. The zero-order chi connectivity index (χ0) is 59.7. The van der Waals surface area contributed by atoms with Crippen LogP contribution in [0.1, 0.15) is 146 Å². The van der Waals surface area contributed by atoms with E-state index in [4.69, 9.17) is 66.3 Å². The van der Waals surface area contributed by atoms with Gasteiger partial charge in [0.2, 0.25) is 0 Å². The molecule has 0 amide bonds. The minimum atomic E-state index is -1.87. The second kappa shape index (κ2) is 23.2. The molecular formula is C60H82N2O22. The SMILES string of the molecule is CC[C@]1(O)C[C@@H](O[C@@H]2C[C@@H](N(C)C)[C@@H](O[C@@H]3C[C@@H]4O[C@H]5CC(=O)[C@H](C)O[C@@H]5O[C@H]4[C@H](C)O3)[C@H](C)O2)c2c(O)c3c(c(O)c2[C@@H]1O[C@@H]1C[C@H](N(C)C)[C@@H](O[C@@H]2C[C@H]4O[C@H]5CC(=O)[C@@H](C)O[C@@H]5O[C@@H]4[C@@H](C)O2)[C@@H](C)O1)C(=O)C1CC=CC(=O)C1=C3O. The fourth-order valence-corrected chi connectivity index (χ4v) is 14.8. The van der Waals surface area contributed by atoms with Gasteiger partial charge in [0.1, 0.15) is 72.2 Å². The molecule has 1 aromatic carbocycles. The number of aliphatic hydroxyl groups is 2. The molecule has 1 unspecified atom stereocenters. The second-order valence-electron chi connectivity index (χ2n) is 25.3. The molecular weight excluding hydrogens is 1100 g/mol. The molecule has 0 spiro atoms.